The molecule has 1 unspecified atom stereocenters. The third kappa shape index (κ3) is 3.96. The van der Waals surface area contributed by atoms with Crippen molar-refractivity contribution in [1.82, 2.24) is 9.88 Å². The molecule has 1 amide bonds. The first-order valence-electron chi connectivity index (χ1n) is 6.82. The number of hydrogen-bond donors (Lipinski definition) is 2. The molecule has 2 rings (SSSR count). The van der Waals surface area contributed by atoms with E-state index in [1.165, 1.54) is 5.56 Å². The van der Waals surface area contributed by atoms with Crippen LogP contribution in [0.4, 0.5) is 0 Å². The fourth-order valence-electron chi connectivity index (χ4n) is 2.04. The molecule has 1 aromatic heterocycles. The number of rotatable bonds is 6. The van der Waals surface area contributed by atoms with Crippen LogP contribution in [0, 0.1) is 0 Å². The number of amides is 1. The first kappa shape index (κ1) is 14.3. The number of carbonyl (C=O) groups is 1. The van der Waals surface area contributed by atoms with Gasteiger partial charge < -0.3 is 15.0 Å². The third-order valence-electron chi connectivity index (χ3n) is 3.10. The average molecular weight is 272 g/mol. The second kappa shape index (κ2) is 6.91. The highest BCUT2D eigenvalue weighted by Crippen LogP contribution is 2.06. The van der Waals surface area contributed by atoms with Gasteiger partial charge in [0.05, 0.1) is 6.10 Å². The predicted molar refractivity (Wildman–Crippen MR) is 78.6 cm³/mol. The molecule has 4 nitrogen and oxygen atoms in total. The summed E-state index contributed by atoms with van der Waals surface area (Å²) < 4.78 is 1.93. The summed E-state index contributed by atoms with van der Waals surface area (Å²) in [5, 5.41) is 11.9. The fraction of sp³-hybridized carbons (Fsp3) is 0.312. The van der Waals surface area contributed by atoms with E-state index in [2.05, 4.69) is 17.4 Å². The van der Waals surface area contributed by atoms with Gasteiger partial charge in [-0.05, 0) is 31.0 Å². The SMILES string of the molecule is CC(O)CNC(=O)c1cccn1CCc1ccccc1. The molecule has 1 aromatic carbocycles. The summed E-state index contributed by atoms with van der Waals surface area (Å²) in [5.74, 6) is -0.149. The quantitative estimate of drug-likeness (QED) is 0.843. The van der Waals surface area contributed by atoms with E-state index in [4.69, 9.17) is 0 Å². The van der Waals surface area contributed by atoms with E-state index in [0.29, 0.717) is 5.69 Å². The van der Waals surface area contributed by atoms with Crippen molar-refractivity contribution in [2.24, 2.45) is 0 Å². The lowest BCUT2D eigenvalue weighted by Crippen LogP contribution is -2.32. The van der Waals surface area contributed by atoms with Gasteiger partial charge in [0, 0.05) is 19.3 Å². The molecule has 0 saturated carbocycles. The smallest absolute Gasteiger partial charge is 0.267 e. The van der Waals surface area contributed by atoms with E-state index in [9.17, 15) is 9.90 Å². The molecule has 0 radical (unpaired) electrons. The Morgan fingerprint density at radius 1 is 1.25 bits per heavy atom. The van der Waals surface area contributed by atoms with E-state index < -0.39 is 6.10 Å². The second-order valence-corrected chi connectivity index (χ2v) is 4.88. The van der Waals surface area contributed by atoms with Crippen molar-refractivity contribution in [1.29, 1.82) is 0 Å². The van der Waals surface area contributed by atoms with Crippen LogP contribution in [0.3, 0.4) is 0 Å². The number of nitrogens with one attached hydrogen (secondary N) is 1. The van der Waals surface area contributed by atoms with Gasteiger partial charge in [-0.1, -0.05) is 30.3 Å². The highest BCUT2D eigenvalue weighted by molar-refractivity contribution is 5.92. The Morgan fingerprint density at radius 3 is 2.70 bits per heavy atom. The van der Waals surface area contributed by atoms with Crippen LogP contribution in [0.1, 0.15) is 23.0 Å². The molecule has 0 fully saturated rings. The van der Waals surface area contributed by atoms with Crippen molar-refractivity contribution in [2.45, 2.75) is 26.0 Å². The lowest BCUT2D eigenvalue weighted by atomic mass is 10.1. The monoisotopic (exact) mass is 272 g/mol. The van der Waals surface area contributed by atoms with Gasteiger partial charge >= 0.3 is 0 Å². The van der Waals surface area contributed by atoms with Crippen LogP contribution < -0.4 is 5.32 Å². The molecule has 1 atom stereocenters. The van der Waals surface area contributed by atoms with Crippen LogP contribution in [-0.2, 0) is 13.0 Å². The number of aliphatic hydroxyl groups excluding tert-OH is 1. The van der Waals surface area contributed by atoms with Crippen LogP contribution in [0.5, 0.6) is 0 Å². The van der Waals surface area contributed by atoms with Gasteiger partial charge in [-0.3, -0.25) is 4.79 Å². The Kier molecular flexibility index (Phi) is 4.96. The number of hydrogen-bond acceptors (Lipinski definition) is 2. The highest BCUT2D eigenvalue weighted by atomic mass is 16.3. The molecule has 0 spiro atoms. The molecule has 2 aromatic rings. The molecule has 0 aliphatic heterocycles. The molecule has 2 N–H and O–H groups in total. The van der Waals surface area contributed by atoms with Gasteiger partial charge in [-0.15, -0.1) is 0 Å². The summed E-state index contributed by atoms with van der Waals surface area (Å²) >= 11 is 0. The number of carbonyl (C=O) groups excluding carboxylic acids is 1. The Morgan fingerprint density at radius 2 is 2.00 bits per heavy atom. The van der Waals surface area contributed by atoms with E-state index in [1.54, 1.807) is 13.0 Å². The highest BCUT2D eigenvalue weighted by Gasteiger charge is 2.10. The maximum absolute atomic E-state index is 12.0. The minimum Gasteiger partial charge on any atom is -0.392 e. The Hall–Kier alpha value is -2.07. The summed E-state index contributed by atoms with van der Waals surface area (Å²) in [6.07, 6.45) is 2.25. The summed E-state index contributed by atoms with van der Waals surface area (Å²) in [4.78, 5) is 12.0. The van der Waals surface area contributed by atoms with Crippen LogP contribution in [0.15, 0.2) is 48.7 Å². The Bertz CT molecular complexity index is 547. The summed E-state index contributed by atoms with van der Waals surface area (Å²) in [5.41, 5.74) is 1.87. The molecule has 106 valence electrons. The van der Waals surface area contributed by atoms with Gasteiger partial charge in [0.25, 0.3) is 5.91 Å². The largest absolute Gasteiger partial charge is 0.392 e. The van der Waals surface area contributed by atoms with Crippen molar-refractivity contribution in [3.63, 3.8) is 0 Å². The van der Waals surface area contributed by atoms with Crippen LogP contribution >= 0.6 is 0 Å². The standard InChI is InChI=1S/C16H20N2O2/c1-13(19)12-17-16(20)15-8-5-10-18(15)11-9-14-6-3-2-4-7-14/h2-8,10,13,19H,9,11-12H2,1H3,(H,17,20). The maximum atomic E-state index is 12.0. The normalized spacial score (nSPS) is 12.1. The summed E-state index contributed by atoms with van der Waals surface area (Å²) in [6.45, 7) is 2.67. The van der Waals surface area contributed by atoms with Crippen LogP contribution in [-0.4, -0.2) is 28.2 Å². The molecule has 0 bridgehead atoms. The van der Waals surface area contributed by atoms with Gasteiger partial charge in [0.2, 0.25) is 0 Å². The number of aliphatic hydroxyl groups is 1. The molecule has 1 heterocycles. The minimum atomic E-state index is -0.535. The van der Waals surface area contributed by atoms with Gasteiger partial charge in [-0.25, -0.2) is 0 Å². The molecular weight excluding hydrogens is 252 g/mol. The maximum Gasteiger partial charge on any atom is 0.267 e. The topological polar surface area (TPSA) is 54.3 Å². The van der Waals surface area contributed by atoms with Crippen molar-refractivity contribution < 1.29 is 9.90 Å². The summed E-state index contributed by atoms with van der Waals surface area (Å²) in [6, 6.07) is 13.8. The lowest BCUT2D eigenvalue weighted by Gasteiger charge is -2.11. The van der Waals surface area contributed by atoms with Crippen molar-refractivity contribution >= 4 is 5.91 Å². The zero-order chi connectivity index (χ0) is 14.4. The van der Waals surface area contributed by atoms with Gasteiger partial charge in [0.1, 0.15) is 5.69 Å². The zero-order valence-corrected chi connectivity index (χ0v) is 11.6. The molecule has 0 aliphatic rings. The van der Waals surface area contributed by atoms with E-state index in [-0.39, 0.29) is 12.5 Å². The fourth-order valence-corrected chi connectivity index (χ4v) is 2.04. The lowest BCUT2D eigenvalue weighted by molar-refractivity contribution is 0.0914. The molecule has 4 heteroatoms. The third-order valence-corrected chi connectivity index (χ3v) is 3.10. The second-order valence-electron chi connectivity index (χ2n) is 4.88. The van der Waals surface area contributed by atoms with E-state index >= 15 is 0 Å². The molecule has 0 saturated heterocycles. The molecular formula is C16H20N2O2. The first-order chi connectivity index (χ1) is 9.66. The van der Waals surface area contributed by atoms with Crippen LogP contribution in [0.2, 0.25) is 0 Å². The molecule has 20 heavy (non-hydrogen) atoms. The Balaban J connectivity index is 1.96. The van der Waals surface area contributed by atoms with Gasteiger partial charge in [-0.2, -0.15) is 0 Å². The summed E-state index contributed by atoms with van der Waals surface area (Å²) in [7, 11) is 0. The molecule has 0 aliphatic carbocycles. The minimum absolute atomic E-state index is 0.149. The van der Waals surface area contributed by atoms with Crippen molar-refractivity contribution in [3.05, 3.63) is 59.9 Å². The predicted octanol–water partition coefficient (Wildman–Crippen LogP) is 1.84. The van der Waals surface area contributed by atoms with Crippen molar-refractivity contribution in [2.75, 3.05) is 6.54 Å². The first-order valence-corrected chi connectivity index (χ1v) is 6.82. The average Bonchev–Trinajstić information content (AvgIpc) is 2.92. The zero-order valence-electron chi connectivity index (χ0n) is 11.6. The van der Waals surface area contributed by atoms with Gasteiger partial charge in [0.15, 0.2) is 0 Å². The van der Waals surface area contributed by atoms with E-state index in [1.807, 2.05) is 35.0 Å². The number of aryl methyl sites for hydroxylation is 2. The number of benzene rings is 1. The number of aromatic nitrogens is 1. The van der Waals surface area contributed by atoms with Crippen molar-refractivity contribution in [3.8, 4) is 0 Å². The van der Waals surface area contributed by atoms with E-state index in [0.717, 1.165) is 13.0 Å². The number of nitrogens with zero attached hydrogens (tertiary/aromatic N) is 1. The Labute approximate surface area is 119 Å². The van der Waals surface area contributed by atoms with Crippen LogP contribution in [0.25, 0.3) is 0 Å².